The van der Waals surface area contributed by atoms with Gasteiger partial charge in [-0.25, -0.2) is 0 Å². The zero-order chi connectivity index (χ0) is 51.5. The van der Waals surface area contributed by atoms with Gasteiger partial charge in [0, 0.05) is 55.2 Å². The van der Waals surface area contributed by atoms with E-state index >= 15 is 0 Å². The molecule has 348 valence electrons. The van der Waals surface area contributed by atoms with Gasteiger partial charge in [-0.15, -0.1) is 0 Å². The smallest absolute Gasteiger partial charge is 0.252 e. The van der Waals surface area contributed by atoms with E-state index in [0.717, 1.165) is 96.4 Å². The first-order valence-corrected chi connectivity index (χ1v) is 25.3. The van der Waals surface area contributed by atoms with E-state index in [2.05, 4.69) is 258 Å². The van der Waals surface area contributed by atoms with Gasteiger partial charge < -0.3 is 14.7 Å². The Kier molecular flexibility index (Phi) is 9.60. The highest BCUT2D eigenvalue weighted by Gasteiger charge is 2.48. The van der Waals surface area contributed by atoms with E-state index in [4.69, 9.17) is 0 Å². The molecular formula is C67H62BN3. The van der Waals surface area contributed by atoms with Crippen LogP contribution in [0.25, 0.3) is 22.3 Å². The second-order valence-corrected chi connectivity index (χ2v) is 22.4. The van der Waals surface area contributed by atoms with Gasteiger partial charge in [0.05, 0.1) is 5.69 Å². The lowest BCUT2D eigenvalue weighted by molar-refractivity contribution is 0.403. The van der Waals surface area contributed by atoms with Crippen molar-refractivity contribution >= 4 is 74.3 Å². The second-order valence-electron chi connectivity index (χ2n) is 22.4. The van der Waals surface area contributed by atoms with Gasteiger partial charge in [0.2, 0.25) is 0 Å². The molecule has 2 aliphatic heterocycles. The number of anilines is 9. The molecule has 0 saturated heterocycles. The molecule has 9 aromatic carbocycles. The Morgan fingerprint density at radius 1 is 0.479 bits per heavy atom. The number of aryl methyl sites for hydroxylation is 2. The molecular weight excluding hydrogens is 858 g/mol. The zero-order valence-electron chi connectivity index (χ0n) is 45.2. The minimum Gasteiger partial charge on any atom is -0.311 e. The van der Waals surface area contributed by atoms with Crippen LogP contribution in [0.5, 0.6) is 0 Å². The number of para-hydroxylation sites is 2. The zero-order valence-corrected chi connectivity index (χ0v) is 42.2. The van der Waals surface area contributed by atoms with Crippen molar-refractivity contribution in [3.8, 4) is 22.3 Å². The van der Waals surface area contributed by atoms with Gasteiger partial charge in [0.25, 0.3) is 6.71 Å². The van der Waals surface area contributed by atoms with E-state index in [1.54, 1.807) is 0 Å². The molecule has 1 aliphatic carbocycles. The van der Waals surface area contributed by atoms with Gasteiger partial charge in [-0.3, -0.25) is 0 Å². The SMILES string of the molecule is [2H]C([2H])([2H])c1cc2c3c(c1)N(c1ccc(C(C)(C)C)cc1-c1ccccc1)c1cc4c(cc1B3c1cc(N(c3ccccc3)c3ccccc3)ccc1N2c1cc(-c2ccccc2)ccc1C)C(C)(C)CC4(C)C. The standard InChI is InChI=1S/C67H62BN3/c1-44-36-62-64-63(37-44)71(60-38-48(31-30-45(60)2)46-22-14-10-15-23-46)59-35-33-52(69(50-26-18-12-19-27-50)51-28-20-13-21-29-51)40-56(59)68(64)57-41-54-55(67(8,9)43-66(54,6)7)42-61(57)70(62)58-34-32-49(65(3,4)5)39-53(58)47-24-16-11-17-25-47/h10-42H,43H2,1-9H3/i1D3. The summed E-state index contributed by atoms with van der Waals surface area (Å²) in [5, 5.41) is 0. The van der Waals surface area contributed by atoms with Crippen LogP contribution in [0.1, 0.15) is 86.8 Å². The van der Waals surface area contributed by atoms with Crippen LogP contribution in [0.4, 0.5) is 51.2 Å². The monoisotopic (exact) mass is 923 g/mol. The molecule has 0 N–H and O–H groups in total. The molecule has 0 amide bonds. The van der Waals surface area contributed by atoms with Gasteiger partial charge in [-0.1, -0.05) is 170 Å². The van der Waals surface area contributed by atoms with Gasteiger partial charge in [0.15, 0.2) is 0 Å². The summed E-state index contributed by atoms with van der Waals surface area (Å²) in [4.78, 5) is 7.18. The van der Waals surface area contributed by atoms with E-state index in [-0.39, 0.29) is 23.0 Å². The van der Waals surface area contributed by atoms with Crippen LogP contribution >= 0.6 is 0 Å². The highest BCUT2D eigenvalue weighted by atomic mass is 15.2. The van der Waals surface area contributed by atoms with Gasteiger partial charge in [0.1, 0.15) is 0 Å². The lowest BCUT2D eigenvalue weighted by Crippen LogP contribution is -2.61. The molecule has 0 bridgehead atoms. The van der Waals surface area contributed by atoms with Crippen LogP contribution in [0.3, 0.4) is 0 Å². The predicted molar refractivity (Wildman–Crippen MR) is 305 cm³/mol. The number of hydrogen-bond donors (Lipinski definition) is 0. The molecule has 4 heteroatoms. The molecule has 0 saturated carbocycles. The van der Waals surface area contributed by atoms with E-state index in [1.807, 2.05) is 12.1 Å². The van der Waals surface area contributed by atoms with Crippen molar-refractivity contribution in [2.45, 2.75) is 84.9 Å². The van der Waals surface area contributed by atoms with Crippen molar-refractivity contribution in [2.75, 3.05) is 14.7 Å². The first-order chi connectivity index (χ1) is 35.4. The number of rotatable bonds is 7. The summed E-state index contributed by atoms with van der Waals surface area (Å²) in [5.41, 5.74) is 21.9. The highest BCUT2D eigenvalue weighted by molar-refractivity contribution is 7.00. The minimum absolute atomic E-state index is 0.0890. The number of fused-ring (bicyclic) bond motifs is 5. The number of hydrogen-bond acceptors (Lipinski definition) is 3. The molecule has 12 rings (SSSR count). The van der Waals surface area contributed by atoms with Gasteiger partial charge in [-0.2, -0.15) is 0 Å². The highest BCUT2D eigenvalue weighted by Crippen LogP contribution is 2.54. The largest absolute Gasteiger partial charge is 0.311 e. The predicted octanol–water partition coefficient (Wildman–Crippen LogP) is 16.4. The first kappa shape index (κ1) is 41.2. The Bertz CT molecular complexity index is 3600. The Hall–Kier alpha value is -7.56. The van der Waals surface area contributed by atoms with E-state index in [0.29, 0.717) is 5.56 Å². The van der Waals surface area contributed by atoms with Crippen molar-refractivity contribution in [3.63, 3.8) is 0 Å². The quantitative estimate of drug-likeness (QED) is 0.148. The third kappa shape index (κ3) is 7.41. The van der Waals surface area contributed by atoms with E-state index in [9.17, 15) is 4.11 Å². The number of nitrogens with zero attached hydrogens (tertiary/aromatic N) is 3. The third-order valence-corrected chi connectivity index (χ3v) is 15.6. The van der Waals surface area contributed by atoms with Crippen LogP contribution in [-0.4, -0.2) is 6.71 Å². The van der Waals surface area contributed by atoms with Crippen LogP contribution in [0.15, 0.2) is 200 Å². The Morgan fingerprint density at radius 3 is 1.63 bits per heavy atom. The maximum atomic E-state index is 9.25. The second kappa shape index (κ2) is 16.5. The summed E-state index contributed by atoms with van der Waals surface area (Å²) in [7, 11) is 0. The molecule has 0 fully saturated rings. The summed E-state index contributed by atoms with van der Waals surface area (Å²) in [6, 6.07) is 72.1. The topological polar surface area (TPSA) is 9.72 Å². The number of benzene rings is 9. The Labute approximate surface area is 426 Å². The Balaban J connectivity index is 1.23. The van der Waals surface area contributed by atoms with Crippen molar-refractivity contribution in [1.82, 2.24) is 0 Å². The summed E-state index contributed by atoms with van der Waals surface area (Å²) in [6.45, 7) is 15.9. The molecule has 3 aliphatic rings. The third-order valence-electron chi connectivity index (χ3n) is 15.6. The summed E-state index contributed by atoms with van der Waals surface area (Å²) < 4.78 is 27.7. The van der Waals surface area contributed by atoms with Crippen molar-refractivity contribution in [1.29, 1.82) is 0 Å². The minimum atomic E-state index is -2.42. The van der Waals surface area contributed by atoms with Crippen LogP contribution in [0.2, 0.25) is 0 Å². The fourth-order valence-corrected chi connectivity index (χ4v) is 12.4. The average molecular weight is 923 g/mol. The Morgan fingerprint density at radius 2 is 1.03 bits per heavy atom. The molecule has 0 radical (unpaired) electrons. The van der Waals surface area contributed by atoms with Crippen LogP contribution in [0, 0.1) is 13.8 Å². The average Bonchev–Trinajstić information content (AvgIpc) is 3.57. The fraction of sp³-hybridized carbons (Fsp3) is 0.194. The fourth-order valence-electron chi connectivity index (χ4n) is 12.4. The van der Waals surface area contributed by atoms with Crippen LogP contribution < -0.4 is 31.1 Å². The van der Waals surface area contributed by atoms with E-state index in [1.165, 1.54) is 22.2 Å². The van der Waals surface area contributed by atoms with E-state index < -0.39 is 6.85 Å². The van der Waals surface area contributed by atoms with Crippen molar-refractivity contribution < 1.29 is 4.11 Å². The van der Waals surface area contributed by atoms with Crippen molar-refractivity contribution in [2.24, 2.45) is 0 Å². The molecule has 9 aromatic rings. The van der Waals surface area contributed by atoms with Gasteiger partial charge in [-0.05, 0) is 176 Å². The lowest BCUT2D eigenvalue weighted by Gasteiger charge is -2.46. The first-order valence-electron chi connectivity index (χ1n) is 26.8. The molecule has 2 heterocycles. The molecule has 0 aromatic heterocycles. The maximum absolute atomic E-state index is 9.25. The molecule has 71 heavy (non-hydrogen) atoms. The normalized spacial score (nSPS) is 15.7. The lowest BCUT2D eigenvalue weighted by atomic mass is 9.33. The maximum Gasteiger partial charge on any atom is 0.252 e. The van der Waals surface area contributed by atoms with Crippen molar-refractivity contribution in [3.05, 3.63) is 228 Å². The molecule has 3 nitrogen and oxygen atoms in total. The van der Waals surface area contributed by atoms with Crippen LogP contribution in [-0.2, 0) is 16.2 Å². The summed E-state index contributed by atoms with van der Waals surface area (Å²) >= 11 is 0. The summed E-state index contributed by atoms with van der Waals surface area (Å²) in [5.74, 6) is 0. The molecule has 0 spiro atoms. The van der Waals surface area contributed by atoms with Gasteiger partial charge >= 0.3 is 0 Å². The molecule has 0 unspecified atom stereocenters. The molecule has 0 atom stereocenters. The summed E-state index contributed by atoms with van der Waals surface area (Å²) in [6.07, 6.45) is 1.01.